The molecule has 4 heteroatoms. The molecule has 0 aromatic heterocycles. The predicted molar refractivity (Wildman–Crippen MR) is 121 cm³/mol. The van der Waals surface area contributed by atoms with Gasteiger partial charge in [-0.1, -0.05) is 36.1 Å². The van der Waals surface area contributed by atoms with E-state index in [1.54, 1.807) is 12.1 Å². The van der Waals surface area contributed by atoms with Crippen LogP contribution >= 0.6 is 0 Å². The SMILES string of the molecule is CN(Cc1ccc(C#CCCO)cc1)CC1CCN(CCc2cccc(F)c2)CC1. The Kier molecular flexibility index (Phi) is 8.89. The molecular weight excluding hydrogens is 375 g/mol. The Bertz CT molecular complexity index is 832. The molecule has 3 nitrogen and oxygen atoms in total. The maximum Gasteiger partial charge on any atom is 0.123 e. The summed E-state index contributed by atoms with van der Waals surface area (Å²) >= 11 is 0. The molecule has 0 amide bonds. The highest BCUT2D eigenvalue weighted by atomic mass is 19.1. The van der Waals surface area contributed by atoms with E-state index in [9.17, 15) is 4.39 Å². The molecule has 3 rings (SSSR count). The standard InChI is InChI=1S/C26H33FN2O/c1-28(20-24-10-8-22(9-11-24)5-2-3-18-30)21-25-13-16-29(17-14-25)15-12-23-6-4-7-26(27)19-23/h4,6-11,19,25,30H,3,12-18,20-21H2,1H3. The monoisotopic (exact) mass is 408 g/mol. The number of benzene rings is 2. The van der Waals surface area contributed by atoms with Crippen LogP contribution < -0.4 is 0 Å². The lowest BCUT2D eigenvalue weighted by Crippen LogP contribution is -2.38. The fraction of sp³-hybridized carbons (Fsp3) is 0.462. The van der Waals surface area contributed by atoms with Crippen LogP contribution in [-0.4, -0.2) is 54.7 Å². The molecular formula is C26H33FN2O. The van der Waals surface area contributed by atoms with Crippen molar-refractivity contribution < 1.29 is 9.50 Å². The molecule has 2 aromatic rings. The largest absolute Gasteiger partial charge is 0.395 e. The Hall–Kier alpha value is -2.19. The van der Waals surface area contributed by atoms with Crippen LogP contribution in [0.2, 0.25) is 0 Å². The third kappa shape index (κ3) is 7.57. The quantitative estimate of drug-likeness (QED) is 0.670. The maximum absolute atomic E-state index is 13.3. The van der Waals surface area contributed by atoms with E-state index < -0.39 is 0 Å². The van der Waals surface area contributed by atoms with Gasteiger partial charge in [0.1, 0.15) is 5.82 Å². The summed E-state index contributed by atoms with van der Waals surface area (Å²) in [6, 6.07) is 15.4. The van der Waals surface area contributed by atoms with Crippen molar-refractivity contribution in [2.45, 2.75) is 32.2 Å². The summed E-state index contributed by atoms with van der Waals surface area (Å²) in [7, 11) is 2.20. The molecule has 1 saturated heterocycles. The number of aliphatic hydroxyl groups is 1. The zero-order chi connectivity index (χ0) is 21.2. The summed E-state index contributed by atoms with van der Waals surface area (Å²) in [4.78, 5) is 4.93. The number of likely N-dealkylation sites (tertiary alicyclic amines) is 1. The molecule has 1 heterocycles. The van der Waals surface area contributed by atoms with Gasteiger partial charge in [0, 0.05) is 31.6 Å². The lowest BCUT2D eigenvalue weighted by Gasteiger charge is -2.34. The molecule has 0 saturated carbocycles. The number of hydrogen-bond acceptors (Lipinski definition) is 3. The molecule has 0 radical (unpaired) electrons. The van der Waals surface area contributed by atoms with Crippen LogP contribution in [0.25, 0.3) is 0 Å². The summed E-state index contributed by atoms with van der Waals surface area (Å²) in [5.74, 6) is 6.63. The highest BCUT2D eigenvalue weighted by Crippen LogP contribution is 2.19. The highest BCUT2D eigenvalue weighted by molar-refractivity contribution is 5.36. The van der Waals surface area contributed by atoms with Gasteiger partial charge in [-0.3, -0.25) is 0 Å². The lowest BCUT2D eigenvalue weighted by molar-refractivity contribution is 0.153. The van der Waals surface area contributed by atoms with Crippen LogP contribution in [-0.2, 0) is 13.0 Å². The van der Waals surface area contributed by atoms with Crippen molar-refractivity contribution in [3.8, 4) is 11.8 Å². The highest BCUT2D eigenvalue weighted by Gasteiger charge is 2.20. The summed E-state index contributed by atoms with van der Waals surface area (Å²) in [6.07, 6.45) is 3.90. The smallest absolute Gasteiger partial charge is 0.123 e. The fourth-order valence-corrected chi connectivity index (χ4v) is 4.10. The van der Waals surface area contributed by atoms with E-state index in [1.165, 1.54) is 24.5 Å². The first-order valence-corrected chi connectivity index (χ1v) is 11.0. The molecule has 1 N–H and O–H groups in total. The molecule has 0 spiro atoms. The van der Waals surface area contributed by atoms with Crippen molar-refractivity contribution in [1.29, 1.82) is 0 Å². The molecule has 1 aliphatic rings. The first-order valence-electron chi connectivity index (χ1n) is 11.0. The minimum Gasteiger partial charge on any atom is -0.395 e. The van der Waals surface area contributed by atoms with Gasteiger partial charge in [-0.25, -0.2) is 4.39 Å². The molecule has 160 valence electrons. The van der Waals surface area contributed by atoms with E-state index in [0.717, 1.165) is 56.2 Å². The lowest BCUT2D eigenvalue weighted by atomic mass is 9.95. The van der Waals surface area contributed by atoms with Gasteiger partial charge in [0.25, 0.3) is 0 Å². The summed E-state index contributed by atoms with van der Waals surface area (Å²) in [5, 5.41) is 8.80. The molecule has 0 aliphatic carbocycles. The zero-order valence-electron chi connectivity index (χ0n) is 18.0. The minimum atomic E-state index is -0.140. The van der Waals surface area contributed by atoms with Crippen LogP contribution in [0, 0.1) is 23.6 Å². The molecule has 0 unspecified atom stereocenters. The number of hydrogen-bond donors (Lipinski definition) is 1. The van der Waals surface area contributed by atoms with Gasteiger partial charge in [0.2, 0.25) is 0 Å². The van der Waals surface area contributed by atoms with Gasteiger partial charge in [-0.2, -0.15) is 0 Å². The second kappa shape index (κ2) is 11.9. The van der Waals surface area contributed by atoms with Crippen molar-refractivity contribution in [2.24, 2.45) is 5.92 Å². The average molecular weight is 409 g/mol. The third-order valence-electron chi connectivity index (χ3n) is 5.76. The molecule has 1 aliphatic heterocycles. The number of piperidine rings is 1. The zero-order valence-corrected chi connectivity index (χ0v) is 18.0. The van der Waals surface area contributed by atoms with Crippen LogP contribution in [0.1, 0.15) is 36.0 Å². The van der Waals surface area contributed by atoms with Crippen molar-refractivity contribution >= 4 is 0 Å². The van der Waals surface area contributed by atoms with E-state index >= 15 is 0 Å². The maximum atomic E-state index is 13.3. The van der Waals surface area contributed by atoms with E-state index in [-0.39, 0.29) is 12.4 Å². The second-order valence-corrected chi connectivity index (χ2v) is 8.33. The van der Waals surface area contributed by atoms with Gasteiger partial charge < -0.3 is 14.9 Å². The number of rotatable bonds is 8. The van der Waals surface area contributed by atoms with Crippen molar-refractivity contribution in [3.63, 3.8) is 0 Å². The third-order valence-corrected chi connectivity index (χ3v) is 5.76. The van der Waals surface area contributed by atoms with Gasteiger partial charge in [-0.15, -0.1) is 0 Å². The summed E-state index contributed by atoms with van der Waals surface area (Å²) in [6.45, 7) is 5.46. The predicted octanol–water partition coefficient (Wildman–Crippen LogP) is 3.95. The molecule has 0 atom stereocenters. The number of halogens is 1. The first-order chi connectivity index (χ1) is 14.6. The average Bonchev–Trinajstić information content (AvgIpc) is 2.75. The molecule has 2 aromatic carbocycles. The Morgan fingerprint density at radius 3 is 2.57 bits per heavy atom. The summed E-state index contributed by atoms with van der Waals surface area (Å²) in [5.41, 5.74) is 3.39. The van der Waals surface area contributed by atoms with Crippen LogP contribution in [0.4, 0.5) is 4.39 Å². The van der Waals surface area contributed by atoms with E-state index in [1.807, 2.05) is 6.07 Å². The van der Waals surface area contributed by atoms with Gasteiger partial charge in [-0.05, 0) is 80.7 Å². The van der Waals surface area contributed by atoms with E-state index in [2.05, 4.69) is 53.0 Å². The topological polar surface area (TPSA) is 26.7 Å². The molecule has 0 bridgehead atoms. The van der Waals surface area contributed by atoms with Crippen LogP contribution in [0.15, 0.2) is 48.5 Å². The van der Waals surface area contributed by atoms with Gasteiger partial charge in [0.05, 0.1) is 6.61 Å². The number of aliphatic hydroxyl groups excluding tert-OH is 1. The molecule has 1 fully saturated rings. The Morgan fingerprint density at radius 1 is 1.10 bits per heavy atom. The van der Waals surface area contributed by atoms with Crippen molar-refractivity contribution in [3.05, 3.63) is 71.0 Å². The van der Waals surface area contributed by atoms with E-state index in [4.69, 9.17) is 5.11 Å². The van der Waals surface area contributed by atoms with Crippen LogP contribution in [0.3, 0.4) is 0 Å². The van der Waals surface area contributed by atoms with Crippen LogP contribution in [0.5, 0.6) is 0 Å². The van der Waals surface area contributed by atoms with Crippen molar-refractivity contribution in [1.82, 2.24) is 9.80 Å². The number of nitrogens with zero attached hydrogens (tertiary/aromatic N) is 2. The van der Waals surface area contributed by atoms with Gasteiger partial charge >= 0.3 is 0 Å². The Balaban J connectivity index is 1.36. The van der Waals surface area contributed by atoms with E-state index in [0.29, 0.717) is 6.42 Å². The van der Waals surface area contributed by atoms with Crippen molar-refractivity contribution in [2.75, 3.05) is 39.8 Å². The fourth-order valence-electron chi connectivity index (χ4n) is 4.10. The normalized spacial score (nSPS) is 15.2. The van der Waals surface area contributed by atoms with Gasteiger partial charge in [0.15, 0.2) is 0 Å². The summed E-state index contributed by atoms with van der Waals surface area (Å²) < 4.78 is 13.3. The minimum absolute atomic E-state index is 0.113. The first kappa shape index (κ1) is 22.5. The second-order valence-electron chi connectivity index (χ2n) is 8.33. The Labute approximate surface area is 180 Å². The molecule has 30 heavy (non-hydrogen) atoms. The Morgan fingerprint density at radius 2 is 1.87 bits per heavy atom.